The first-order valence-electron chi connectivity index (χ1n) is 6.69. The SMILES string of the molecule is Cc1cc(-c2cccc(C=NNc3ccccc3)c2)sn1. The minimum atomic E-state index is 0.975. The number of aromatic nitrogens is 1. The fraction of sp³-hybridized carbons (Fsp3) is 0.0588. The second-order valence-electron chi connectivity index (χ2n) is 4.69. The third-order valence-electron chi connectivity index (χ3n) is 2.98. The maximum atomic E-state index is 4.32. The summed E-state index contributed by atoms with van der Waals surface area (Å²) in [6.07, 6.45) is 1.82. The van der Waals surface area contributed by atoms with Gasteiger partial charge in [0.25, 0.3) is 0 Å². The quantitative estimate of drug-likeness (QED) is 0.565. The second kappa shape index (κ2) is 6.33. The maximum Gasteiger partial charge on any atom is 0.0561 e. The smallest absolute Gasteiger partial charge is 0.0561 e. The molecular weight excluding hydrogens is 278 g/mol. The summed E-state index contributed by atoms with van der Waals surface area (Å²) < 4.78 is 4.32. The Hall–Kier alpha value is -2.46. The monoisotopic (exact) mass is 293 g/mol. The van der Waals surface area contributed by atoms with Crippen molar-refractivity contribution in [1.29, 1.82) is 0 Å². The van der Waals surface area contributed by atoms with Crippen molar-refractivity contribution in [3.05, 3.63) is 71.9 Å². The van der Waals surface area contributed by atoms with Crippen LogP contribution in [0.2, 0.25) is 0 Å². The van der Waals surface area contributed by atoms with Crippen molar-refractivity contribution >= 4 is 23.4 Å². The molecule has 2 aromatic carbocycles. The minimum absolute atomic E-state index is 0.975. The van der Waals surface area contributed by atoms with E-state index in [9.17, 15) is 0 Å². The number of hydrogen-bond donors (Lipinski definition) is 1. The lowest BCUT2D eigenvalue weighted by atomic mass is 10.1. The highest BCUT2D eigenvalue weighted by Gasteiger charge is 2.02. The van der Waals surface area contributed by atoms with Gasteiger partial charge in [-0.05, 0) is 53.8 Å². The highest BCUT2D eigenvalue weighted by atomic mass is 32.1. The molecule has 104 valence electrons. The lowest BCUT2D eigenvalue weighted by molar-refractivity contribution is 1.35. The normalized spacial score (nSPS) is 10.9. The van der Waals surface area contributed by atoms with Crippen LogP contribution < -0.4 is 5.43 Å². The summed E-state index contributed by atoms with van der Waals surface area (Å²) in [7, 11) is 0. The average Bonchev–Trinajstić information content (AvgIpc) is 2.95. The number of para-hydroxylation sites is 1. The first-order chi connectivity index (χ1) is 10.3. The van der Waals surface area contributed by atoms with E-state index in [-0.39, 0.29) is 0 Å². The molecule has 3 rings (SSSR count). The van der Waals surface area contributed by atoms with Gasteiger partial charge in [-0.15, -0.1) is 0 Å². The molecule has 0 amide bonds. The molecule has 0 radical (unpaired) electrons. The lowest BCUT2D eigenvalue weighted by Gasteiger charge is -2.00. The Labute approximate surface area is 128 Å². The zero-order valence-electron chi connectivity index (χ0n) is 11.7. The van der Waals surface area contributed by atoms with Gasteiger partial charge in [0.2, 0.25) is 0 Å². The molecule has 3 aromatic rings. The van der Waals surface area contributed by atoms with Crippen molar-refractivity contribution in [1.82, 2.24) is 4.37 Å². The summed E-state index contributed by atoms with van der Waals surface area (Å²) >= 11 is 1.52. The molecule has 0 aliphatic carbocycles. The van der Waals surface area contributed by atoms with E-state index < -0.39 is 0 Å². The Kier molecular flexibility index (Phi) is 4.07. The second-order valence-corrected chi connectivity index (χ2v) is 5.50. The van der Waals surface area contributed by atoms with Crippen LogP contribution in [-0.2, 0) is 0 Å². The van der Waals surface area contributed by atoms with Gasteiger partial charge in [0.05, 0.1) is 22.5 Å². The van der Waals surface area contributed by atoms with Gasteiger partial charge in [0.15, 0.2) is 0 Å². The molecule has 3 nitrogen and oxygen atoms in total. The molecule has 1 heterocycles. The molecule has 0 spiro atoms. The van der Waals surface area contributed by atoms with E-state index in [2.05, 4.69) is 33.1 Å². The van der Waals surface area contributed by atoms with E-state index in [0.29, 0.717) is 0 Å². The lowest BCUT2D eigenvalue weighted by Crippen LogP contribution is -1.90. The Balaban J connectivity index is 1.74. The summed E-state index contributed by atoms with van der Waals surface area (Å²) in [6, 6.07) is 20.3. The zero-order valence-corrected chi connectivity index (χ0v) is 12.5. The molecule has 1 aromatic heterocycles. The van der Waals surface area contributed by atoms with E-state index in [1.807, 2.05) is 55.6 Å². The topological polar surface area (TPSA) is 37.3 Å². The molecule has 0 aliphatic rings. The molecule has 21 heavy (non-hydrogen) atoms. The predicted octanol–water partition coefficient (Wildman–Crippen LogP) is 4.56. The standard InChI is InChI=1S/C17H15N3S/c1-13-10-17(21-20-13)15-7-5-6-14(11-15)12-18-19-16-8-3-2-4-9-16/h2-12,19H,1H3. The highest BCUT2D eigenvalue weighted by molar-refractivity contribution is 7.09. The Morgan fingerprint density at radius 2 is 1.90 bits per heavy atom. The van der Waals surface area contributed by atoms with E-state index in [1.165, 1.54) is 22.0 Å². The number of anilines is 1. The Morgan fingerprint density at radius 1 is 1.05 bits per heavy atom. The molecule has 1 N–H and O–H groups in total. The Morgan fingerprint density at radius 3 is 2.67 bits per heavy atom. The van der Waals surface area contributed by atoms with E-state index in [0.717, 1.165) is 16.9 Å². The number of rotatable bonds is 4. The molecular formula is C17H15N3S. The Bertz CT molecular complexity index is 747. The number of aryl methyl sites for hydroxylation is 1. The van der Waals surface area contributed by atoms with Crippen LogP contribution in [0.5, 0.6) is 0 Å². The molecule has 4 heteroatoms. The van der Waals surface area contributed by atoms with Crippen molar-refractivity contribution in [3.63, 3.8) is 0 Å². The van der Waals surface area contributed by atoms with Crippen LogP contribution in [0.25, 0.3) is 10.4 Å². The van der Waals surface area contributed by atoms with Gasteiger partial charge in [0.1, 0.15) is 0 Å². The fourth-order valence-electron chi connectivity index (χ4n) is 1.97. The summed E-state index contributed by atoms with van der Waals surface area (Å²) in [5.41, 5.74) is 7.27. The van der Waals surface area contributed by atoms with Gasteiger partial charge in [-0.2, -0.15) is 9.47 Å². The number of hydrazone groups is 1. The summed E-state index contributed by atoms with van der Waals surface area (Å²) in [6.45, 7) is 2.01. The van der Waals surface area contributed by atoms with Gasteiger partial charge in [-0.3, -0.25) is 5.43 Å². The van der Waals surface area contributed by atoms with Crippen LogP contribution in [0.15, 0.2) is 65.8 Å². The van der Waals surface area contributed by atoms with Crippen LogP contribution in [0.1, 0.15) is 11.3 Å². The van der Waals surface area contributed by atoms with E-state index in [1.54, 1.807) is 0 Å². The molecule has 0 saturated heterocycles. The van der Waals surface area contributed by atoms with Crippen molar-refractivity contribution in [2.75, 3.05) is 5.43 Å². The summed E-state index contributed by atoms with van der Waals surface area (Å²) in [4.78, 5) is 1.18. The van der Waals surface area contributed by atoms with Crippen molar-refractivity contribution in [2.45, 2.75) is 6.92 Å². The van der Waals surface area contributed by atoms with Crippen LogP contribution in [0.3, 0.4) is 0 Å². The van der Waals surface area contributed by atoms with Gasteiger partial charge in [0, 0.05) is 0 Å². The third kappa shape index (κ3) is 3.55. The molecule has 0 fully saturated rings. The third-order valence-corrected chi connectivity index (χ3v) is 3.91. The average molecular weight is 293 g/mol. The number of nitrogens with zero attached hydrogens (tertiary/aromatic N) is 2. The first kappa shape index (κ1) is 13.5. The molecule has 0 bridgehead atoms. The minimum Gasteiger partial charge on any atom is -0.279 e. The largest absolute Gasteiger partial charge is 0.279 e. The highest BCUT2D eigenvalue weighted by Crippen LogP contribution is 2.24. The van der Waals surface area contributed by atoms with Crippen LogP contribution in [-0.4, -0.2) is 10.6 Å². The van der Waals surface area contributed by atoms with Crippen LogP contribution in [0.4, 0.5) is 5.69 Å². The van der Waals surface area contributed by atoms with Crippen LogP contribution >= 0.6 is 11.5 Å². The zero-order chi connectivity index (χ0) is 14.5. The number of nitrogens with one attached hydrogen (secondary N) is 1. The predicted molar refractivity (Wildman–Crippen MR) is 89.9 cm³/mol. The van der Waals surface area contributed by atoms with Crippen LogP contribution in [0, 0.1) is 6.92 Å². The van der Waals surface area contributed by atoms with E-state index >= 15 is 0 Å². The molecule has 0 unspecified atom stereocenters. The summed E-state index contributed by atoms with van der Waals surface area (Å²) in [5.74, 6) is 0. The van der Waals surface area contributed by atoms with E-state index in [4.69, 9.17) is 0 Å². The van der Waals surface area contributed by atoms with Crippen molar-refractivity contribution in [3.8, 4) is 10.4 Å². The first-order valence-corrected chi connectivity index (χ1v) is 7.46. The number of hydrogen-bond acceptors (Lipinski definition) is 4. The van der Waals surface area contributed by atoms with Gasteiger partial charge in [-0.25, -0.2) is 0 Å². The van der Waals surface area contributed by atoms with Crippen molar-refractivity contribution in [2.24, 2.45) is 5.10 Å². The number of benzene rings is 2. The van der Waals surface area contributed by atoms with Crippen molar-refractivity contribution < 1.29 is 0 Å². The van der Waals surface area contributed by atoms with Gasteiger partial charge >= 0.3 is 0 Å². The maximum absolute atomic E-state index is 4.32. The molecule has 0 atom stereocenters. The fourth-order valence-corrected chi connectivity index (χ4v) is 2.72. The molecule has 0 saturated carbocycles. The molecule has 0 aliphatic heterocycles. The van der Waals surface area contributed by atoms with Gasteiger partial charge in [-0.1, -0.05) is 36.4 Å². The van der Waals surface area contributed by atoms with Gasteiger partial charge < -0.3 is 0 Å². The summed E-state index contributed by atoms with van der Waals surface area (Å²) in [5, 5.41) is 4.26.